The fourth-order valence-electron chi connectivity index (χ4n) is 4.51. The molecule has 5 nitrogen and oxygen atoms in total. The first-order valence-corrected chi connectivity index (χ1v) is 10.8. The van der Waals surface area contributed by atoms with Crippen LogP contribution in [0.5, 0.6) is 11.5 Å². The molecule has 5 rings (SSSR count). The third kappa shape index (κ3) is 3.58. The third-order valence-electron chi connectivity index (χ3n) is 6.39. The Morgan fingerprint density at radius 3 is 2.63 bits per heavy atom. The minimum atomic E-state index is 0.0386. The average Bonchev–Trinajstić information content (AvgIpc) is 2.76. The molecule has 0 aliphatic carbocycles. The maximum absolute atomic E-state index is 6.41. The lowest BCUT2D eigenvalue weighted by Crippen LogP contribution is -2.50. The molecule has 3 heterocycles. The maximum atomic E-state index is 6.41. The summed E-state index contributed by atoms with van der Waals surface area (Å²) in [6.45, 7) is 12.1. The van der Waals surface area contributed by atoms with Crippen molar-refractivity contribution in [3.63, 3.8) is 0 Å². The number of hydrogen-bond donors (Lipinski definition) is 0. The van der Waals surface area contributed by atoms with Gasteiger partial charge in [-0.05, 0) is 62.2 Å². The third-order valence-corrected chi connectivity index (χ3v) is 6.39. The molecule has 1 unspecified atom stereocenters. The van der Waals surface area contributed by atoms with Crippen LogP contribution in [-0.4, -0.2) is 55.3 Å². The van der Waals surface area contributed by atoms with Crippen LogP contribution in [0.3, 0.4) is 0 Å². The van der Waals surface area contributed by atoms with Gasteiger partial charge in [-0.3, -0.25) is 9.88 Å². The second kappa shape index (κ2) is 7.80. The smallest absolute Gasteiger partial charge is 0.171 e. The molecule has 0 amide bonds. The Labute approximate surface area is 178 Å². The Morgan fingerprint density at radius 1 is 0.967 bits per heavy atom. The molecule has 5 heteroatoms. The molecular weight excluding hydrogens is 374 g/mol. The molecule has 1 saturated heterocycles. The fourth-order valence-corrected chi connectivity index (χ4v) is 4.51. The van der Waals surface area contributed by atoms with Crippen molar-refractivity contribution in [1.29, 1.82) is 0 Å². The SMILES string of the molecule is Cc1ccc2c3c(ccc2n1)OCC(CN1CCN(c2cccc(C)c2C)CC1)O3. The van der Waals surface area contributed by atoms with Crippen LogP contribution in [0.25, 0.3) is 10.9 Å². The summed E-state index contributed by atoms with van der Waals surface area (Å²) in [6, 6.07) is 14.7. The number of fused-ring (bicyclic) bond motifs is 3. The first-order chi connectivity index (χ1) is 14.6. The quantitative estimate of drug-likeness (QED) is 0.658. The Balaban J connectivity index is 1.25. The van der Waals surface area contributed by atoms with Crippen LogP contribution in [0.2, 0.25) is 0 Å². The van der Waals surface area contributed by atoms with Crippen molar-refractivity contribution in [3.05, 3.63) is 59.3 Å². The van der Waals surface area contributed by atoms with E-state index in [1.165, 1.54) is 16.8 Å². The molecule has 3 aromatic rings. The number of nitrogens with zero attached hydrogens (tertiary/aromatic N) is 3. The van der Waals surface area contributed by atoms with E-state index < -0.39 is 0 Å². The molecule has 156 valence electrons. The van der Waals surface area contributed by atoms with Crippen molar-refractivity contribution in [1.82, 2.24) is 9.88 Å². The van der Waals surface area contributed by atoms with Crippen molar-refractivity contribution in [3.8, 4) is 11.5 Å². The lowest BCUT2D eigenvalue weighted by molar-refractivity contribution is 0.0587. The number of piperazine rings is 1. The van der Waals surface area contributed by atoms with Gasteiger partial charge >= 0.3 is 0 Å². The molecule has 0 radical (unpaired) electrons. The molecule has 1 aromatic heterocycles. The lowest BCUT2D eigenvalue weighted by Gasteiger charge is -2.39. The van der Waals surface area contributed by atoms with Crippen molar-refractivity contribution in [2.45, 2.75) is 26.9 Å². The number of anilines is 1. The van der Waals surface area contributed by atoms with Gasteiger partial charge in [0, 0.05) is 49.5 Å². The number of ether oxygens (including phenoxy) is 2. The van der Waals surface area contributed by atoms with E-state index in [4.69, 9.17) is 9.47 Å². The molecule has 0 spiro atoms. The minimum Gasteiger partial charge on any atom is -0.486 e. The summed E-state index contributed by atoms with van der Waals surface area (Å²) >= 11 is 0. The summed E-state index contributed by atoms with van der Waals surface area (Å²) < 4.78 is 12.5. The molecule has 2 aliphatic rings. The van der Waals surface area contributed by atoms with Gasteiger partial charge in [0.05, 0.1) is 5.52 Å². The number of aryl methyl sites for hydroxylation is 2. The molecule has 0 saturated carbocycles. The zero-order valence-electron chi connectivity index (χ0n) is 18.0. The van der Waals surface area contributed by atoms with Gasteiger partial charge in [0.2, 0.25) is 0 Å². The molecule has 0 N–H and O–H groups in total. The van der Waals surface area contributed by atoms with Gasteiger partial charge in [-0.15, -0.1) is 0 Å². The Kier molecular flexibility index (Phi) is 4.99. The second-order valence-corrected chi connectivity index (χ2v) is 8.47. The van der Waals surface area contributed by atoms with Crippen LogP contribution in [-0.2, 0) is 0 Å². The number of hydrogen-bond acceptors (Lipinski definition) is 5. The minimum absolute atomic E-state index is 0.0386. The van der Waals surface area contributed by atoms with Gasteiger partial charge in [-0.25, -0.2) is 0 Å². The van der Waals surface area contributed by atoms with Crippen LogP contribution >= 0.6 is 0 Å². The predicted molar refractivity (Wildman–Crippen MR) is 121 cm³/mol. The topological polar surface area (TPSA) is 37.8 Å². The van der Waals surface area contributed by atoms with Crippen molar-refractivity contribution in [2.24, 2.45) is 0 Å². The number of pyridine rings is 1. The van der Waals surface area contributed by atoms with Crippen molar-refractivity contribution in [2.75, 3.05) is 44.2 Å². The summed E-state index contributed by atoms with van der Waals surface area (Å²) in [7, 11) is 0. The van der Waals surface area contributed by atoms with Gasteiger partial charge in [0.15, 0.2) is 11.5 Å². The van der Waals surface area contributed by atoms with E-state index in [9.17, 15) is 0 Å². The number of aromatic nitrogens is 1. The van der Waals surface area contributed by atoms with Gasteiger partial charge in [0.1, 0.15) is 12.7 Å². The number of benzene rings is 2. The number of rotatable bonds is 3. The Hall–Kier alpha value is -2.79. The van der Waals surface area contributed by atoms with E-state index in [1.54, 1.807) is 0 Å². The molecule has 1 atom stereocenters. The van der Waals surface area contributed by atoms with Crippen LogP contribution in [0, 0.1) is 20.8 Å². The molecule has 2 aliphatic heterocycles. The molecule has 2 aromatic carbocycles. The summed E-state index contributed by atoms with van der Waals surface area (Å²) in [5.74, 6) is 1.66. The van der Waals surface area contributed by atoms with E-state index in [0.29, 0.717) is 6.61 Å². The summed E-state index contributed by atoms with van der Waals surface area (Å²) in [5, 5.41) is 1.03. The van der Waals surface area contributed by atoms with Gasteiger partial charge in [-0.2, -0.15) is 0 Å². The first kappa shape index (κ1) is 19.2. The van der Waals surface area contributed by atoms with Gasteiger partial charge in [-0.1, -0.05) is 12.1 Å². The van der Waals surface area contributed by atoms with Crippen LogP contribution in [0.15, 0.2) is 42.5 Å². The normalized spacial score (nSPS) is 19.3. The largest absolute Gasteiger partial charge is 0.486 e. The van der Waals surface area contributed by atoms with Crippen LogP contribution in [0.4, 0.5) is 5.69 Å². The van der Waals surface area contributed by atoms with E-state index in [1.807, 2.05) is 25.1 Å². The Morgan fingerprint density at radius 2 is 1.80 bits per heavy atom. The highest BCUT2D eigenvalue weighted by atomic mass is 16.6. The summed E-state index contributed by atoms with van der Waals surface area (Å²) in [6.07, 6.45) is 0.0386. The van der Waals surface area contributed by atoms with E-state index in [0.717, 1.165) is 60.8 Å². The van der Waals surface area contributed by atoms with E-state index >= 15 is 0 Å². The van der Waals surface area contributed by atoms with Crippen molar-refractivity contribution < 1.29 is 9.47 Å². The molecule has 30 heavy (non-hydrogen) atoms. The van der Waals surface area contributed by atoms with Gasteiger partial charge in [0.25, 0.3) is 0 Å². The van der Waals surface area contributed by atoms with E-state index in [2.05, 4.69) is 52.9 Å². The van der Waals surface area contributed by atoms with Gasteiger partial charge < -0.3 is 14.4 Å². The predicted octanol–water partition coefficient (Wildman–Crippen LogP) is 4.12. The van der Waals surface area contributed by atoms with Crippen LogP contribution < -0.4 is 14.4 Å². The van der Waals surface area contributed by atoms with E-state index in [-0.39, 0.29) is 6.10 Å². The highest BCUT2D eigenvalue weighted by Crippen LogP contribution is 2.38. The summed E-state index contributed by atoms with van der Waals surface area (Å²) in [4.78, 5) is 9.63. The second-order valence-electron chi connectivity index (χ2n) is 8.47. The summed E-state index contributed by atoms with van der Waals surface area (Å²) in [5.41, 5.74) is 6.09. The Bertz CT molecular complexity index is 1070. The zero-order valence-corrected chi connectivity index (χ0v) is 18.0. The zero-order chi connectivity index (χ0) is 20.7. The fraction of sp³-hybridized carbons (Fsp3) is 0.400. The monoisotopic (exact) mass is 403 g/mol. The maximum Gasteiger partial charge on any atom is 0.171 e. The highest BCUT2D eigenvalue weighted by Gasteiger charge is 2.27. The van der Waals surface area contributed by atoms with Crippen LogP contribution in [0.1, 0.15) is 16.8 Å². The first-order valence-electron chi connectivity index (χ1n) is 10.8. The van der Waals surface area contributed by atoms with Crippen molar-refractivity contribution >= 4 is 16.6 Å². The molecular formula is C25H29N3O2. The standard InChI is InChI=1S/C25H29N3O2/c1-17-5-4-6-23(19(17)3)28-13-11-27(12-14-28)15-20-16-29-24-10-9-22-21(25(24)30-20)8-7-18(2)26-22/h4-10,20H,11-16H2,1-3H3. The lowest BCUT2D eigenvalue weighted by atomic mass is 10.1. The highest BCUT2D eigenvalue weighted by molar-refractivity contribution is 5.88. The average molecular weight is 404 g/mol. The molecule has 1 fully saturated rings. The molecule has 0 bridgehead atoms.